The fourth-order valence-electron chi connectivity index (χ4n) is 2.63. The van der Waals surface area contributed by atoms with Crippen molar-refractivity contribution in [2.45, 2.75) is 13.0 Å². The van der Waals surface area contributed by atoms with Gasteiger partial charge in [-0.3, -0.25) is 4.79 Å². The van der Waals surface area contributed by atoms with Gasteiger partial charge in [-0.05, 0) is 18.6 Å². The Kier molecular flexibility index (Phi) is 3.14. The number of urea groups is 1. The third-order valence-corrected chi connectivity index (χ3v) is 3.96. The fraction of sp³-hybridized carbons (Fsp3) is 0.286. The van der Waals surface area contributed by atoms with Crippen molar-refractivity contribution < 1.29 is 9.59 Å². The highest BCUT2D eigenvalue weighted by atomic mass is 35.5. The number of amides is 3. The maximum Gasteiger partial charge on any atom is 0.319 e. The van der Waals surface area contributed by atoms with Gasteiger partial charge >= 0.3 is 6.03 Å². The van der Waals surface area contributed by atoms with E-state index in [-0.39, 0.29) is 11.9 Å². The smallest absolute Gasteiger partial charge is 0.319 e. The van der Waals surface area contributed by atoms with Crippen LogP contribution in [0, 0.1) is 0 Å². The topological polar surface area (TPSA) is 61.4 Å². The average molecular weight is 292 g/mol. The van der Waals surface area contributed by atoms with Gasteiger partial charge in [0.1, 0.15) is 0 Å². The molecule has 1 aromatic rings. The molecular weight excluding hydrogens is 278 g/mol. The lowest BCUT2D eigenvalue weighted by Gasteiger charge is -2.26. The Balaban J connectivity index is 2.07. The SMILES string of the molecule is CCN1CC2=C(C1=O)[C@H](c1ccccc1Cl)NC(=O)N2. The van der Waals surface area contributed by atoms with Crippen molar-refractivity contribution in [3.05, 3.63) is 46.1 Å². The van der Waals surface area contributed by atoms with Gasteiger partial charge in [0.15, 0.2) is 0 Å². The molecule has 3 amide bonds. The summed E-state index contributed by atoms with van der Waals surface area (Å²) in [6.45, 7) is 2.96. The summed E-state index contributed by atoms with van der Waals surface area (Å²) in [6.07, 6.45) is 0. The normalized spacial score (nSPS) is 21.7. The molecule has 0 saturated heterocycles. The number of rotatable bonds is 2. The molecule has 0 aromatic heterocycles. The first-order valence-electron chi connectivity index (χ1n) is 6.46. The molecule has 2 aliphatic rings. The molecule has 104 valence electrons. The fourth-order valence-corrected chi connectivity index (χ4v) is 2.87. The lowest BCUT2D eigenvalue weighted by Crippen LogP contribution is -2.44. The lowest BCUT2D eigenvalue weighted by molar-refractivity contribution is -0.125. The van der Waals surface area contributed by atoms with Crippen LogP contribution in [-0.4, -0.2) is 29.9 Å². The number of carbonyl (C=O) groups excluding carboxylic acids is 2. The van der Waals surface area contributed by atoms with Crippen LogP contribution in [0.5, 0.6) is 0 Å². The van der Waals surface area contributed by atoms with E-state index in [1.165, 1.54) is 0 Å². The van der Waals surface area contributed by atoms with Crippen molar-refractivity contribution in [2.75, 3.05) is 13.1 Å². The summed E-state index contributed by atoms with van der Waals surface area (Å²) in [5.74, 6) is -0.0556. The van der Waals surface area contributed by atoms with Crippen molar-refractivity contribution in [3.8, 4) is 0 Å². The van der Waals surface area contributed by atoms with E-state index in [1.54, 1.807) is 11.0 Å². The minimum atomic E-state index is -0.489. The van der Waals surface area contributed by atoms with Crippen LogP contribution in [0.3, 0.4) is 0 Å². The second-order valence-corrected chi connectivity index (χ2v) is 5.17. The minimum Gasteiger partial charge on any atom is -0.333 e. The monoisotopic (exact) mass is 291 g/mol. The van der Waals surface area contributed by atoms with E-state index in [2.05, 4.69) is 10.6 Å². The van der Waals surface area contributed by atoms with Crippen LogP contribution in [0.15, 0.2) is 35.5 Å². The summed E-state index contributed by atoms with van der Waals surface area (Å²) in [5, 5.41) is 6.03. The maximum atomic E-state index is 12.4. The van der Waals surface area contributed by atoms with Gasteiger partial charge < -0.3 is 15.5 Å². The highest BCUT2D eigenvalue weighted by Crippen LogP contribution is 2.35. The number of likely N-dealkylation sites (N-methyl/N-ethyl adjacent to an activating group) is 1. The standard InChI is InChI=1S/C14H14ClN3O2/c1-2-18-7-10-11(13(18)19)12(17-14(20)16-10)8-5-3-4-6-9(8)15/h3-6,12H,2,7H2,1H3,(H2,16,17,20)/t12-/m0/s1. The molecule has 5 nitrogen and oxygen atoms in total. The highest BCUT2D eigenvalue weighted by molar-refractivity contribution is 6.31. The van der Waals surface area contributed by atoms with Crippen LogP contribution < -0.4 is 10.6 Å². The van der Waals surface area contributed by atoms with Gasteiger partial charge in [0.2, 0.25) is 0 Å². The molecule has 1 aromatic carbocycles. The van der Waals surface area contributed by atoms with Crippen LogP contribution in [0.25, 0.3) is 0 Å². The van der Waals surface area contributed by atoms with Gasteiger partial charge in [0, 0.05) is 11.6 Å². The number of nitrogens with zero attached hydrogens (tertiary/aromatic N) is 1. The van der Waals surface area contributed by atoms with Crippen LogP contribution in [0.1, 0.15) is 18.5 Å². The number of carbonyl (C=O) groups is 2. The third kappa shape index (κ3) is 1.94. The zero-order valence-corrected chi connectivity index (χ0v) is 11.7. The lowest BCUT2D eigenvalue weighted by atomic mass is 9.96. The summed E-state index contributed by atoms with van der Waals surface area (Å²) in [4.78, 5) is 25.9. The average Bonchev–Trinajstić information content (AvgIpc) is 2.75. The number of hydrogen-bond acceptors (Lipinski definition) is 2. The zero-order valence-electron chi connectivity index (χ0n) is 10.9. The quantitative estimate of drug-likeness (QED) is 0.873. The van der Waals surface area contributed by atoms with Gasteiger partial charge in [0.05, 0.1) is 23.9 Å². The molecule has 0 aliphatic carbocycles. The first kappa shape index (κ1) is 13.0. The van der Waals surface area contributed by atoms with Crippen LogP contribution >= 0.6 is 11.6 Å². The zero-order chi connectivity index (χ0) is 14.3. The summed E-state index contributed by atoms with van der Waals surface area (Å²) >= 11 is 6.19. The summed E-state index contributed by atoms with van der Waals surface area (Å²) in [7, 11) is 0. The van der Waals surface area contributed by atoms with E-state index >= 15 is 0 Å². The van der Waals surface area contributed by atoms with Gasteiger partial charge in [-0.1, -0.05) is 29.8 Å². The Morgan fingerprint density at radius 2 is 2.10 bits per heavy atom. The van der Waals surface area contributed by atoms with Gasteiger partial charge in [-0.15, -0.1) is 0 Å². The van der Waals surface area contributed by atoms with E-state index in [9.17, 15) is 9.59 Å². The first-order chi connectivity index (χ1) is 9.61. The van der Waals surface area contributed by atoms with Crippen molar-refractivity contribution in [3.63, 3.8) is 0 Å². The Labute approximate surface area is 121 Å². The summed E-state index contributed by atoms with van der Waals surface area (Å²) in [5.41, 5.74) is 1.99. The van der Waals surface area contributed by atoms with Crippen molar-refractivity contribution in [2.24, 2.45) is 0 Å². The number of hydrogen-bond donors (Lipinski definition) is 2. The van der Waals surface area contributed by atoms with E-state index in [1.807, 2.05) is 25.1 Å². The molecule has 2 N–H and O–H groups in total. The molecule has 0 bridgehead atoms. The molecule has 0 saturated carbocycles. The van der Waals surface area contributed by atoms with Crippen molar-refractivity contribution >= 4 is 23.5 Å². The molecule has 20 heavy (non-hydrogen) atoms. The predicted molar refractivity (Wildman–Crippen MR) is 75.1 cm³/mol. The number of benzene rings is 1. The van der Waals surface area contributed by atoms with Gasteiger partial charge in [-0.2, -0.15) is 0 Å². The Morgan fingerprint density at radius 3 is 2.80 bits per heavy atom. The van der Waals surface area contributed by atoms with Crippen LogP contribution in [0.2, 0.25) is 5.02 Å². The molecule has 1 atom stereocenters. The number of nitrogens with one attached hydrogen (secondary N) is 2. The molecule has 2 heterocycles. The Morgan fingerprint density at radius 1 is 1.35 bits per heavy atom. The van der Waals surface area contributed by atoms with E-state index in [0.717, 1.165) is 5.56 Å². The van der Waals surface area contributed by atoms with Crippen molar-refractivity contribution in [1.82, 2.24) is 15.5 Å². The van der Waals surface area contributed by atoms with Crippen LogP contribution in [0.4, 0.5) is 4.79 Å². The third-order valence-electron chi connectivity index (χ3n) is 3.62. The predicted octanol–water partition coefficient (Wildman–Crippen LogP) is 1.81. The second-order valence-electron chi connectivity index (χ2n) is 4.76. The molecule has 6 heteroatoms. The molecule has 3 rings (SSSR count). The minimum absolute atomic E-state index is 0.0556. The number of halogens is 1. The van der Waals surface area contributed by atoms with E-state index < -0.39 is 6.04 Å². The van der Waals surface area contributed by atoms with Crippen molar-refractivity contribution in [1.29, 1.82) is 0 Å². The molecule has 0 fully saturated rings. The van der Waals surface area contributed by atoms with Crippen LogP contribution in [-0.2, 0) is 4.79 Å². The highest BCUT2D eigenvalue weighted by Gasteiger charge is 2.40. The Bertz CT molecular complexity index is 627. The summed E-state index contributed by atoms with van der Waals surface area (Å²) in [6, 6.07) is 6.44. The molecule has 0 radical (unpaired) electrons. The second kappa shape index (κ2) is 4.83. The molecule has 0 spiro atoms. The first-order valence-corrected chi connectivity index (χ1v) is 6.84. The van der Waals surface area contributed by atoms with E-state index in [4.69, 9.17) is 11.6 Å². The van der Waals surface area contributed by atoms with Gasteiger partial charge in [-0.25, -0.2) is 4.79 Å². The molecule has 2 aliphatic heterocycles. The summed E-state index contributed by atoms with van der Waals surface area (Å²) < 4.78 is 0. The van der Waals surface area contributed by atoms with E-state index in [0.29, 0.717) is 29.4 Å². The molecule has 0 unspecified atom stereocenters. The largest absolute Gasteiger partial charge is 0.333 e. The van der Waals surface area contributed by atoms with Gasteiger partial charge in [0.25, 0.3) is 5.91 Å². The Hall–Kier alpha value is -2.01. The molecular formula is C14H14ClN3O2. The maximum absolute atomic E-state index is 12.4.